The Bertz CT molecular complexity index is 1070. The number of phenols is 1. The Morgan fingerprint density at radius 1 is 1.03 bits per heavy atom. The maximum Gasteiger partial charge on any atom is 0.412 e. The number of anilines is 1. The number of carbonyl (C=O) groups excluding carboxylic acids is 1. The number of carboxylic acids is 1. The van der Waals surface area contributed by atoms with Crippen molar-refractivity contribution in [3.8, 4) is 5.75 Å². The molecule has 3 aromatic rings. The number of ether oxygens (including phenoxy) is 1. The molecule has 3 aromatic carbocycles. The Morgan fingerprint density at radius 3 is 2.48 bits per heavy atom. The fourth-order valence-corrected chi connectivity index (χ4v) is 3.46. The van der Waals surface area contributed by atoms with Crippen LogP contribution in [0.4, 0.5) is 10.5 Å². The molecule has 0 aliphatic carbocycles. The minimum Gasteiger partial charge on any atom is -0.508 e. The van der Waals surface area contributed by atoms with E-state index in [0.29, 0.717) is 18.5 Å². The standard InChI is InChI=1S/C25H25NO5/c1-17(7-2-5-12-23(28)29)24(19-13-15-20(27)16-14-19)31-25(30)26-22-11-6-9-18-8-3-4-10-21(18)22/h3-6,8-17,24,27H,2,7H2,1H3,(H,26,30)(H,28,29)/b12-5+/t17-,24-/m1/s1. The number of carbonyl (C=O) groups is 2. The van der Waals surface area contributed by atoms with Gasteiger partial charge in [-0.15, -0.1) is 0 Å². The molecule has 0 bridgehead atoms. The summed E-state index contributed by atoms with van der Waals surface area (Å²) in [6.07, 6.45) is 2.71. The first-order chi connectivity index (χ1) is 14.9. The summed E-state index contributed by atoms with van der Waals surface area (Å²) in [5.41, 5.74) is 1.41. The number of rotatable bonds is 8. The smallest absolute Gasteiger partial charge is 0.412 e. The number of aliphatic carboxylic acids is 1. The van der Waals surface area contributed by atoms with Gasteiger partial charge in [0.2, 0.25) is 0 Å². The monoisotopic (exact) mass is 419 g/mol. The molecule has 160 valence electrons. The van der Waals surface area contributed by atoms with E-state index >= 15 is 0 Å². The fourth-order valence-electron chi connectivity index (χ4n) is 3.46. The number of hydrogen-bond donors (Lipinski definition) is 3. The van der Waals surface area contributed by atoms with Gasteiger partial charge in [-0.25, -0.2) is 9.59 Å². The van der Waals surface area contributed by atoms with Crippen molar-refractivity contribution in [3.05, 3.63) is 84.4 Å². The van der Waals surface area contributed by atoms with Crippen molar-refractivity contribution in [1.29, 1.82) is 0 Å². The third-order valence-electron chi connectivity index (χ3n) is 5.05. The Hall–Kier alpha value is -3.80. The number of aromatic hydroxyl groups is 1. The third kappa shape index (κ3) is 6.09. The van der Waals surface area contributed by atoms with E-state index in [1.807, 2.05) is 49.4 Å². The lowest BCUT2D eigenvalue weighted by Crippen LogP contribution is -2.22. The van der Waals surface area contributed by atoms with Gasteiger partial charge in [0.1, 0.15) is 11.9 Å². The molecule has 6 heteroatoms. The van der Waals surface area contributed by atoms with E-state index in [-0.39, 0.29) is 11.7 Å². The van der Waals surface area contributed by atoms with Gasteiger partial charge in [-0.05, 0) is 47.9 Å². The van der Waals surface area contributed by atoms with Crippen LogP contribution in [-0.4, -0.2) is 22.3 Å². The zero-order valence-corrected chi connectivity index (χ0v) is 17.2. The van der Waals surface area contributed by atoms with Gasteiger partial charge in [-0.1, -0.05) is 61.5 Å². The summed E-state index contributed by atoms with van der Waals surface area (Å²) in [4.78, 5) is 23.4. The number of allylic oxidation sites excluding steroid dienone is 1. The van der Waals surface area contributed by atoms with E-state index in [0.717, 1.165) is 22.4 Å². The van der Waals surface area contributed by atoms with E-state index in [1.54, 1.807) is 30.3 Å². The second kappa shape index (κ2) is 10.3. The molecule has 0 unspecified atom stereocenters. The molecule has 0 saturated heterocycles. The summed E-state index contributed by atoms with van der Waals surface area (Å²) in [5.74, 6) is -0.950. The van der Waals surface area contributed by atoms with Crippen molar-refractivity contribution in [2.45, 2.75) is 25.9 Å². The maximum atomic E-state index is 12.8. The number of benzene rings is 3. The number of nitrogens with one attached hydrogen (secondary N) is 1. The van der Waals surface area contributed by atoms with Gasteiger partial charge in [0.05, 0.1) is 5.69 Å². The second-order valence-electron chi connectivity index (χ2n) is 7.36. The van der Waals surface area contributed by atoms with Gasteiger partial charge in [0.25, 0.3) is 0 Å². The van der Waals surface area contributed by atoms with Crippen LogP contribution in [0.2, 0.25) is 0 Å². The average Bonchev–Trinajstić information content (AvgIpc) is 2.76. The highest BCUT2D eigenvalue weighted by atomic mass is 16.6. The second-order valence-corrected chi connectivity index (χ2v) is 7.36. The van der Waals surface area contributed by atoms with Crippen molar-refractivity contribution >= 4 is 28.5 Å². The molecule has 0 heterocycles. The summed E-state index contributed by atoms with van der Waals surface area (Å²) >= 11 is 0. The minimum atomic E-state index is -0.992. The van der Waals surface area contributed by atoms with Gasteiger partial charge in [-0.2, -0.15) is 0 Å². The molecule has 0 spiro atoms. The molecule has 2 atom stereocenters. The first kappa shape index (κ1) is 21.9. The lowest BCUT2D eigenvalue weighted by molar-refractivity contribution is -0.131. The lowest BCUT2D eigenvalue weighted by atomic mass is 9.93. The summed E-state index contributed by atoms with van der Waals surface area (Å²) in [6.45, 7) is 1.94. The molecule has 0 radical (unpaired) electrons. The van der Waals surface area contributed by atoms with Crippen LogP contribution in [0.15, 0.2) is 78.9 Å². The van der Waals surface area contributed by atoms with Gasteiger partial charge in [0.15, 0.2) is 0 Å². The number of fused-ring (bicyclic) bond motifs is 1. The number of carboxylic acid groups (broad SMARTS) is 1. The fraction of sp³-hybridized carbons (Fsp3) is 0.200. The van der Waals surface area contributed by atoms with Crippen molar-refractivity contribution in [2.75, 3.05) is 5.32 Å². The summed E-state index contributed by atoms with van der Waals surface area (Å²) in [6, 6.07) is 19.9. The normalized spacial score (nSPS) is 13.1. The zero-order valence-electron chi connectivity index (χ0n) is 17.2. The SMILES string of the molecule is C[C@H](CC/C=C/C(=O)O)[C@@H](OC(=O)Nc1cccc2ccccc12)c1ccc(O)cc1. The molecular formula is C25H25NO5. The van der Waals surface area contributed by atoms with Crippen molar-refractivity contribution in [2.24, 2.45) is 5.92 Å². The number of hydrogen-bond acceptors (Lipinski definition) is 4. The van der Waals surface area contributed by atoms with Gasteiger partial charge in [0, 0.05) is 11.5 Å². The van der Waals surface area contributed by atoms with Crippen molar-refractivity contribution in [1.82, 2.24) is 0 Å². The summed E-state index contributed by atoms with van der Waals surface area (Å²) in [5, 5.41) is 23.1. The van der Waals surface area contributed by atoms with Crippen LogP contribution < -0.4 is 5.32 Å². The van der Waals surface area contributed by atoms with Crippen LogP contribution >= 0.6 is 0 Å². The first-order valence-electron chi connectivity index (χ1n) is 10.1. The van der Waals surface area contributed by atoms with Crippen LogP contribution in [0, 0.1) is 5.92 Å². The maximum absolute atomic E-state index is 12.8. The van der Waals surface area contributed by atoms with Crippen molar-refractivity contribution < 1.29 is 24.5 Å². The summed E-state index contributed by atoms with van der Waals surface area (Å²) < 4.78 is 5.80. The van der Waals surface area contributed by atoms with Crippen molar-refractivity contribution in [3.63, 3.8) is 0 Å². The highest BCUT2D eigenvalue weighted by Gasteiger charge is 2.24. The quantitative estimate of drug-likeness (QED) is 0.396. The largest absolute Gasteiger partial charge is 0.508 e. The summed E-state index contributed by atoms with van der Waals surface area (Å²) in [7, 11) is 0. The van der Waals surface area contributed by atoms with Gasteiger partial charge < -0.3 is 14.9 Å². The molecule has 0 aliphatic heterocycles. The molecule has 1 amide bonds. The topological polar surface area (TPSA) is 95.9 Å². The zero-order chi connectivity index (χ0) is 22.2. The molecule has 3 N–H and O–H groups in total. The third-order valence-corrected chi connectivity index (χ3v) is 5.05. The Balaban J connectivity index is 1.76. The van der Waals surface area contributed by atoms with Crippen LogP contribution in [0.1, 0.15) is 31.4 Å². The van der Waals surface area contributed by atoms with E-state index in [9.17, 15) is 14.7 Å². The first-order valence-corrected chi connectivity index (χ1v) is 10.1. The van der Waals surface area contributed by atoms with Crippen LogP contribution in [-0.2, 0) is 9.53 Å². The van der Waals surface area contributed by atoms with E-state index in [4.69, 9.17) is 9.84 Å². The average molecular weight is 419 g/mol. The minimum absolute atomic E-state index is 0.0822. The van der Waals surface area contributed by atoms with Crippen LogP contribution in [0.5, 0.6) is 5.75 Å². The van der Waals surface area contributed by atoms with Gasteiger partial charge in [-0.3, -0.25) is 5.32 Å². The molecule has 31 heavy (non-hydrogen) atoms. The highest BCUT2D eigenvalue weighted by molar-refractivity contribution is 6.00. The number of phenolic OH excluding ortho intramolecular Hbond substituents is 1. The molecular weight excluding hydrogens is 394 g/mol. The van der Waals surface area contributed by atoms with E-state index < -0.39 is 18.2 Å². The Morgan fingerprint density at radius 2 is 1.74 bits per heavy atom. The molecule has 3 rings (SSSR count). The Kier molecular flexibility index (Phi) is 7.27. The number of amides is 1. The molecule has 0 fully saturated rings. The Labute approximate surface area is 180 Å². The highest BCUT2D eigenvalue weighted by Crippen LogP contribution is 2.31. The molecule has 0 saturated carbocycles. The lowest BCUT2D eigenvalue weighted by Gasteiger charge is -2.25. The molecule has 6 nitrogen and oxygen atoms in total. The predicted octanol–water partition coefficient (Wildman–Crippen LogP) is 5.89. The van der Waals surface area contributed by atoms with Gasteiger partial charge >= 0.3 is 12.1 Å². The molecule has 0 aliphatic rings. The van der Waals surface area contributed by atoms with Crippen LogP contribution in [0.25, 0.3) is 10.8 Å². The predicted molar refractivity (Wildman–Crippen MR) is 120 cm³/mol. The molecule has 0 aromatic heterocycles. The van der Waals surface area contributed by atoms with E-state index in [1.165, 1.54) is 0 Å². The van der Waals surface area contributed by atoms with Crippen LogP contribution in [0.3, 0.4) is 0 Å². The van der Waals surface area contributed by atoms with E-state index in [2.05, 4.69) is 5.32 Å².